The van der Waals surface area contributed by atoms with Gasteiger partial charge in [0.1, 0.15) is 0 Å². The summed E-state index contributed by atoms with van der Waals surface area (Å²) in [5, 5.41) is 11.1. The lowest BCUT2D eigenvalue weighted by molar-refractivity contribution is -0.469. The molecule has 0 fully saturated rings. The van der Waals surface area contributed by atoms with E-state index in [1.54, 1.807) is 0 Å². The monoisotopic (exact) mass is 193 g/mol. The van der Waals surface area contributed by atoms with Crippen LogP contribution in [0.2, 0.25) is 0 Å². The van der Waals surface area contributed by atoms with E-state index in [1.807, 2.05) is 30.3 Å². The highest BCUT2D eigenvalue weighted by Crippen LogP contribution is 1.99. The van der Waals surface area contributed by atoms with Crippen LogP contribution in [0.4, 0.5) is 0 Å². The minimum absolute atomic E-state index is 0.149. The van der Waals surface area contributed by atoms with Gasteiger partial charge in [-0.2, -0.15) is 0 Å². The van der Waals surface area contributed by atoms with E-state index < -0.39 is 5.97 Å². The van der Waals surface area contributed by atoms with Gasteiger partial charge in [0, 0.05) is 5.56 Å². The molecule has 0 amide bonds. The molecule has 0 spiro atoms. The van der Waals surface area contributed by atoms with Crippen molar-refractivity contribution in [2.24, 2.45) is 0 Å². The summed E-state index contributed by atoms with van der Waals surface area (Å²) in [7, 11) is 1.23. The maximum Gasteiger partial charge on any atom is 0.396 e. The van der Waals surface area contributed by atoms with Gasteiger partial charge in [0.05, 0.1) is 7.11 Å². The van der Waals surface area contributed by atoms with E-state index in [-0.39, 0.29) is 6.54 Å². The summed E-state index contributed by atoms with van der Waals surface area (Å²) in [5.41, 5.74) is 0.850. The van der Waals surface area contributed by atoms with Gasteiger partial charge >= 0.3 is 5.97 Å². The van der Waals surface area contributed by atoms with Gasteiger partial charge in [0.2, 0.25) is 0 Å². The van der Waals surface area contributed by atoms with E-state index in [1.165, 1.54) is 7.11 Å². The van der Waals surface area contributed by atoms with E-state index in [0.29, 0.717) is 4.74 Å². The molecule has 0 saturated carbocycles. The predicted molar refractivity (Wildman–Crippen MR) is 51.9 cm³/mol. The van der Waals surface area contributed by atoms with Crippen LogP contribution in [0.25, 0.3) is 0 Å². The zero-order valence-electron chi connectivity index (χ0n) is 7.84. The Bertz CT molecular complexity index is 332. The highest BCUT2D eigenvalue weighted by molar-refractivity contribution is 6.20. The summed E-state index contributed by atoms with van der Waals surface area (Å²) < 4.78 is 4.87. The largest absolute Gasteiger partial charge is 0.623 e. The van der Waals surface area contributed by atoms with Gasteiger partial charge in [-0.05, 0) is 0 Å². The summed E-state index contributed by atoms with van der Waals surface area (Å²) in [6, 6.07) is 9.16. The van der Waals surface area contributed by atoms with E-state index in [2.05, 4.69) is 4.74 Å². The van der Waals surface area contributed by atoms with Crippen LogP contribution in [0, 0.1) is 5.21 Å². The van der Waals surface area contributed by atoms with Crippen molar-refractivity contribution in [2.75, 3.05) is 7.11 Å². The zero-order chi connectivity index (χ0) is 10.4. The molecule has 0 aromatic heterocycles. The van der Waals surface area contributed by atoms with Crippen molar-refractivity contribution in [1.29, 1.82) is 0 Å². The van der Waals surface area contributed by atoms with Crippen LogP contribution in [0.3, 0.4) is 0 Å². The fraction of sp³-hybridized carbons (Fsp3) is 0.200. The first-order valence-electron chi connectivity index (χ1n) is 4.13. The molecule has 4 heteroatoms. The number of hydrogen-bond acceptors (Lipinski definition) is 3. The van der Waals surface area contributed by atoms with Crippen molar-refractivity contribution in [3.8, 4) is 0 Å². The molecular formula is C10H11NO3. The highest BCUT2D eigenvalue weighted by Gasteiger charge is 2.02. The first-order chi connectivity index (χ1) is 6.72. The molecule has 1 aromatic carbocycles. The second-order valence-corrected chi connectivity index (χ2v) is 2.71. The van der Waals surface area contributed by atoms with Crippen LogP contribution in [0.15, 0.2) is 30.3 Å². The molecule has 0 aliphatic carbocycles. The molecule has 0 unspecified atom stereocenters. The van der Waals surface area contributed by atoms with Crippen molar-refractivity contribution >= 4 is 12.2 Å². The molecule has 0 aliphatic heterocycles. The van der Waals surface area contributed by atoms with Crippen molar-refractivity contribution in [3.63, 3.8) is 0 Å². The molecule has 0 bridgehead atoms. The van der Waals surface area contributed by atoms with E-state index in [9.17, 15) is 10.0 Å². The maximum atomic E-state index is 11.1. The molecule has 0 heterocycles. The molecule has 14 heavy (non-hydrogen) atoms. The Morgan fingerprint density at radius 3 is 2.71 bits per heavy atom. The lowest BCUT2D eigenvalue weighted by Gasteiger charge is -2.02. The van der Waals surface area contributed by atoms with Crippen LogP contribution in [-0.4, -0.2) is 24.0 Å². The van der Waals surface area contributed by atoms with Crippen LogP contribution in [-0.2, 0) is 16.1 Å². The number of carbonyl (C=O) groups excluding carboxylic acids is 1. The number of esters is 1. The molecule has 0 atom stereocenters. The van der Waals surface area contributed by atoms with Crippen molar-refractivity contribution in [2.45, 2.75) is 6.54 Å². The third-order valence-corrected chi connectivity index (χ3v) is 1.63. The molecule has 74 valence electrons. The third kappa shape index (κ3) is 3.26. The Kier molecular flexibility index (Phi) is 3.67. The summed E-state index contributed by atoms with van der Waals surface area (Å²) in [5.74, 6) is -0.643. The standard InChI is InChI=1S/C10H11NO3/c1-14-10(12)8-11(13)7-9-5-3-2-4-6-9/h2-6,8H,7H2,1H3/b11-8+. The quantitative estimate of drug-likeness (QED) is 0.236. The van der Waals surface area contributed by atoms with Crippen molar-refractivity contribution in [3.05, 3.63) is 41.1 Å². The Morgan fingerprint density at radius 1 is 1.50 bits per heavy atom. The second-order valence-electron chi connectivity index (χ2n) is 2.71. The average molecular weight is 193 g/mol. The molecule has 0 aliphatic rings. The van der Waals surface area contributed by atoms with Gasteiger partial charge in [-0.3, -0.25) is 0 Å². The van der Waals surface area contributed by atoms with Gasteiger partial charge in [0.25, 0.3) is 6.21 Å². The summed E-state index contributed by atoms with van der Waals surface area (Å²) in [6.07, 6.45) is 0.882. The molecular weight excluding hydrogens is 182 g/mol. The molecule has 0 saturated heterocycles. The van der Waals surface area contributed by atoms with Crippen LogP contribution < -0.4 is 0 Å². The van der Waals surface area contributed by atoms with Crippen LogP contribution >= 0.6 is 0 Å². The summed E-state index contributed by atoms with van der Waals surface area (Å²) >= 11 is 0. The molecule has 1 aromatic rings. The Morgan fingerprint density at radius 2 is 2.14 bits per heavy atom. The SMILES string of the molecule is COC(=O)/C=[N+](/[O-])Cc1ccccc1. The zero-order valence-corrected chi connectivity index (χ0v) is 7.84. The smallest absolute Gasteiger partial charge is 0.396 e. The summed E-state index contributed by atoms with van der Waals surface area (Å²) in [6.45, 7) is 0.149. The lowest BCUT2D eigenvalue weighted by atomic mass is 10.2. The minimum atomic E-state index is -0.643. The van der Waals surface area contributed by atoms with Gasteiger partial charge in [-0.15, -0.1) is 0 Å². The summed E-state index contributed by atoms with van der Waals surface area (Å²) in [4.78, 5) is 10.7. The Labute approximate surface area is 82.0 Å². The number of hydroxylamine groups is 1. The van der Waals surface area contributed by atoms with Gasteiger partial charge in [-0.25, -0.2) is 9.53 Å². The fourth-order valence-electron chi connectivity index (χ4n) is 0.979. The number of methoxy groups -OCH3 is 1. The third-order valence-electron chi connectivity index (χ3n) is 1.63. The average Bonchev–Trinajstić information content (AvgIpc) is 2.19. The molecule has 0 radical (unpaired) electrons. The van der Waals surface area contributed by atoms with Gasteiger partial charge in [-0.1, -0.05) is 30.3 Å². The van der Waals surface area contributed by atoms with Crippen LogP contribution in [0.5, 0.6) is 0 Å². The highest BCUT2D eigenvalue weighted by atomic mass is 16.5. The molecule has 1 rings (SSSR count). The number of carbonyl (C=O) groups is 1. The number of rotatable bonds is 3. The minimum Gasteiger partial charge on any atom is -0.623 e. The number of benzene rings is 1. The van der Waals surface area contributed by atoms with Crippen molar-refractivity contribution < 1.29 is 14.3 Å². The topological polar surface area (TPSA) is 52.4 Å². The normalized spacial score (nSPS) is 11.1. The number of ether oxygens (including phenoxy) is 1. The second kappa shape index (κ2) is 5.01. The fourth-order valence-corrected chi connectivity index (χ4v) is 0.979. The lowest BCUT2D eigenvalue weighted by Crippen LogP contribution is -2.13. The Balaban J connectivity index is 2.61. The van der Waals surface area contributed by atoms with Gasteiger partial charge in [0.15, 0.2) is 6.54 Å². The van der Waals surface area contributed by atoms with E-state index >= 15 is 0 Å². The molecule has 4 nitrogen and oxygen atoms in total. The number of hydrogen-bond donors (Lipinski definition) is 0. The Hall–Kier alpha value is -1.84. The van der Waals surface area contributed by atoms with Crippen LogP contribution in [0.1, 0.15) is 5.56 Å². The maximum absolute atomic E-state index is 11.1. The van der Waals surface area contributed by atoms with E-state index in [4.69, 9.17) is 0 Å². The van der Waals surface area contributed by atoms with Crippen molar-refractivity contribution in [1.82, 2.24) is 0 Å². The van der Waals surface area contributed by atoms with Gasteiger partial charge < -0.3 is 9.94 Å². The molecule has 0 N–H and O–H groups in total. The number of nitrogens with zero attached hydrogens (tertiary/aromatic N) is 1. The first-order valence-corrected chi connectivity index (χ1v) is 4.13. The van der Waals surface area contributed by atoms with E-state index in [0.717, 1.165) is 11.8 Å². The predicted octanol–water partition coefficient (Wildman–Crippen LogP) is 0.941. The first kappa shape index (κ1) is 10.2.